The number of methoxy groups -OCH3 is 2. The van der Waals surface area contributed by atoms with Crippen molar-refractivity contribution in [1.82, 2.24) is 15.3 Å². The van der Waals surface area contributed by atoms with Gasteiger partial charge in [-0.2, -0.15) is 0 Å². The van der Waals surface area contributed by atoms with Gasteiger partial charge in [0.25, 0.3) is 0 Å². The molecule has 0 unspecified atom stereocenters. The first kappa shape index (κ1) is 20.7. The van der Waals surface area contributed by atoms with Gasteiger partial charge in [-0.25, -0.2) is 4.98 Å². The molecule has 2 atom stereocenters. The lowest BCUT2D eigenvalue weighted by atomic mass is 9.98. The molecule has 0 saturated carbocycles. The van der Waals surface area contributed by atoms with Gasteiger partial charge in [-0.05, 0) is 36.1 Å². The van der Waals surface area contributed by atoms with Crippen LogP contribution in [0.15, 0.2) is 42.5 Å². The molecule has 1 aromatic heterocycles. The zero-order valence-electron chi connectivity index (χ0n) is 17.5. The fraction of sp³-hybridized carbons (Fsp3) is 0.391. The summed E-state index contributed by atoms with van der Waals surface area (Å²) in [6.07, 6.45) is 1.86. The lowest BCUT2D eigenvalue weighted by Crippen LogP contribution is -2.33. The maximum absolute atomic E-state index is 12.8. The molecule has 6 heteroatoms. The van der Waals surface area contributed by atoms with Crippen molar-refractivity contribution >= 4 is 16.9 Å². The van der Waals surface area contributed by atoms with E-state index >= 15 is 0 Å². The molecule has 0 saturated heterocycles. The second-order valence-corrected chi connectivity index (χ2v) is 7.22. The maximum Gasteiger partial charge on any atom is 0.220 e. The predicted octanol–water partition coefficient (Wildman–Crippen LogP) is 4.42. The Morgan fingerprint density at radius 1 is 1.14 bits per heavy atom. The molecule has 1 amide bonds. The first-order valence-electron chi connectivity index (χ1n) is 10.0. The number of nitrogens with one attached hydrogen (secondary N) is 2. The van der Waals surface area contributed by atoms with Crippen LogP contribution in [0.1, 0.15) is 44.1 Å². The summed E-state index contributed by atoms with van der Waals surface area (Å²) in [5.74, 6) is 2.39. The minimum Gasteiger partial charge on any atom is -0.493 e. The predicted molar refractivity (Wildman–Crippen MR) is 114 cm³/mol. The standard InChI is InChI=1S/C23H29N3O3/c1-5-15(2)21(23-24-17-10-6-7-11-18(17)25-23)26-20(27)14-13-16-9-8-12-19(28-3)22(16)29-4/h6-12,15,21H,5,13-14H2,1-4H3,(H,24,25)(H,26,27)/t15-,21+/m1/s1. The Hall–Kier alpha value is -3.02. The van der Waals surface area contributed by atoms with Crippen LogP contribution in [0.4, 0.5) is 0 Å². The third-order valence-electron chi connectivity index (χ3n) is 5.34. The highest BCUT2D eigenvalue weighted by Crippen LogP contribution is 2.31. The van der Waals surface area contributed by atoms with E-state index < -0.39 is 0 Å². The van der Waals surface area contributed by atoms with E-state index in [9.17, 15) is 4.79 Å². The molecule has 0 aliphatic rings. The Bertz CT molecular complexity index is 934. The molecule has 2 N–H and O–H groups in total. The number of hydrogen-bond donors (Lipinski definition) is 2. The molecule has 0 radical (unpaired) electrons. The van der Waals surface area contributed by atoms with Crippen molar-refractivity contribution in [2.24, 2.45) is 5.92 Å². The first-order valence-corrected chi connectivity index (χ1v) is 10.0. The third-order valence-corrected chi connectivity index (χ3v) is 5.34. The van der Waals surface area contributed by atoms with E-state index in [0.29, 0.717) is 24.3 Å². The van der Waals surface area contributed by atoms with Gasteiger partial charge in [-0.1, -0.05) is 44.5 Å². The number of amides is 1. The molecule has 0 aliphatic carbocycles. The van der Waals surface area contributed by atoms with Crippen LogP contribution < -0.4 is 14.8 Å². The average molecular weight is 396 g/mol. The molecule has 0 fully saturated rings. The lowest BCUT2D eigenvalue weighted by molar-refractivity contribution is -0.122. The Kier molecular flexibility index (Phi) is 6.75. The number of H-pyrrole nitrogens is 1. The largest absolute Gasteiger partial charge is 0.493 e. The molecule has 6 nitrogen and oxygen atoms in total. The number of aryl methyl sites for hydroxylation is 1. The topological polar surface area (TPSA) is 76.2 Å². The number of aromatic amines is 1. The van der Waals surface area contributed by atoms with Gasteiger partial charge in [-0.15, -0.1) is 0 Å². The summed E-state index contributed by atoms with van der Waals surface area (Å²) < 4.78 is 10.8. The summed E-state index contributed by atoms with van der Waals surface area (Å²) in [6.45, 7) is 4.25. The minimum atomic E-state index is -0.160. The van der Waals surface area contributed by atoms with Gasteiger partial charge < -0.3 is 19.8 Å². The van der Waals surface area contributed by atoms with Crippen LogP contribution in [0.25, 0.3) is 11.0 Å². The normalized spacial score (nSPS) is 13.1. The summed E-state index contributed by atoms with van der Waals surface area (Å²) in [5.41, 5.74) is 2.84. The molecule has 2 aromatic carbocycles. The lowest BCUT2D eigenvalue weighted by Gasteiger charge is -2.22. The van der Waals surface area contributed by atoms with E-state index in [1.807, 2.05) is 42.5 Å². The van der Waals surface area contributed by atoms with Crippen LogP contribution in [0.2, 0.25) is 0 Å². The molecular weight excluding hydrogens is 366 g/mol. The number of hydrogen-bond acceptors (Lipinski definition) is 4. The fourth-order valence-electron chi connectivity index (χ4n) is 3.48. The van der Waals surface area contributed by atoms with Crippen LogP contribution >= 0.6 is 0 Å². The van der Waals surface area contributed by atoms with Crippen LogP contribution in [0.3, 0.4) is 0 Å². The van der Waals surface area contributed by atoms with Crippen molar-refractivity contribution in [2.75, 3.05) is 14.2 Å². The molecule has 154 valence electrons. The Labute approximate surface area is 171 Å². The highest BCUT2D eigenvalue weighted by atomic mass is 16.5. The van der Waals surface area contributed by atoms with Crippen molar-refractivity contribution in [2.45, 2.75) is 39.2 Å². The third kappa shape index (κ3) is 4.70. The molecule has 3 rings (SSSR count). The van der Waals surface area contributed by atoms with Crippen LogP contribution in [0, 0.1) is 5.92 Å². The van der Waals surface area contributed by atoms with E-state index in [-0.39, 0.29) is 17.9 Å². The number of carbonyl (C=O) groups is 1. The Morgan fingerprint density at radius 2 is 1.93 bits per heavy atom. The summed E-state index contributed by atoms with van der Waals surface area (Å²) in [4.78, 5) is 20.8. The second-order valence-electron chi connectivity index (χ2n) is 7.22. The van der Waals surface area contributed by atoms with E-state index in [0.717, 1.165) is 28.8 Å². The van der Waals surface area contributed by atoms with Crippen molar-refractivity contribution in [3.8, 4) is 11.5 Å². The van der Waals surface area contributed by atoms with Crippen molar-refractivity contribution < 1.29 is 14.3 Å². The average Bonchev–Trinajstić information content (AvgIpc) is 3.18. The number of para-hydroxylation sites is 3. The SMILES string of the molecule is CC[C@@H](C)[C@H](NC(=O)CCc1cccc(OC)c1OC)c1nc2ccccc2[nH]1. The highest BCUT2D eigenvalue weighted by Gasteiger charge is 2.23. The van der Waals surface area contributed by atoms with Gasteiger partial charge in [0.15, 0.2) is 11.5 Å². The highest BCUT2D eigenvalue weighted by molar-refractivity contribution is 5.78. The number of imidazole rings is 1. The van der Waals surface area contributed by atoms with E-state index in [4.69, 9.17) is 14.5 Å². The van der Waals surface area contributed by atoms with Crippen molar-refractivity contribution in [3.05, 3.63) is 53.9 Å². The maximum atomic E-state index is 12.8. The van der Waals surface area contributed by atoms with E-state index in [1.165, 1.54) is 0 Å². The van der Waals surface area contributed by atoms with Crippen molar-refractivity contribution in [1.29, 1.82) is 0 Å². The summed E-state index contributed by atoms with van der Waals surface area (Å²) in [6, 6.07) is 13.5. The smallest absolute Gasteiger partial charge is 0.220 e. The molecule has 0 spiro atoms. The number of ether oxygens (including phenoxy) is 2. The molecule has 29 heavy (non-hydrogen) atoms. The number of benzene rings is 2. The van der Waals surface area contributed by atoms with Crippen LogP contribution in [0.5, 0.6) is 11.5 Å². The van der Waals surface area contributed by atoms with Gasteiger partial charge in [0.2, 0.25) is 5.91 Å². The van der Waals surface area contributed by atoms with Gasteiger partial charge >= 0.3 is 0 Å². The zero-order chi connectivity index (χ0) is 20.8. The second kappa shape index (κ2) is 9.45. The quantitative estimate of drug-likeness (QED) is 0.562. The van der Waals surface area contributed by atoms with Gasteiger partial charge in [0, 0.05) is 6.42 Å². The van der Waals surface area contributed by atoms with Crippen LogP contribution in [-0.2, 0) is 11.2 Å². The zero-order valence-corrected chi connectivity index (χ0v) is 17.5. The Morgan fingerprint density at radius 3 is 2.62 bits per heavy atom. The monoisotopic (exact) mass is 395 g/mol. The van der Waals surface area contributed by atoms with Gasteiger partial charge in [0.1, 0.15) is 5.82 Å². The fourth-order valence-corrected chi connectivity index (χ4v) is 3.48. The molecular formula is C23H29N3O3. The molecule has 1 heterocycles. The van der Waals surface area contributed by atoms with Crippen LogP contribution in [-0.4, -0.2) is 30.1 Å². The van der Waals surface area contributed by atoms with E-state index in [1.54, 1.807) is 14.2 Å². The number of aromatic nitrogens is 2. The summed E-state index contributed by atoms with van der Waals surface area (Å²) in [5, 5.41) is 3.18. The molecule has 3 aromatic rings. The summed E-state index contributed by atoms with van der Waals surface area (Å²) in [7, 11) is 3.22. The van der Waals surface area contributed by atoms with Gasteiger partial charge in [0.05, 0.1) is 31.3 Å². The number of fused-ring (bicyclic) bond motifs is 1. The van der Waals surface area contributed by atoms with Crippen molar-refractivity contribution in [3.63, 3.8) is 0 Å². The molecule has 0 bridgehead atoms. The summed E-state index contributed by atoms with van der Waals surface area (Å²) >= 11 is 0. The first-order chi connectivity index (χ1) is 14.1. The number of rotatable bonds is 9. The van der Waals surface area contributed by atoms with E-state index in [2.05, 4.69) is 24.1 Å². The minimum absolute atomic E-state index is 0.0133. The van der Waals surface area contributed by atoms with Gasteiger partial charge in [-0.3, -0.25) is 4.79 Å². The number of carbonyl (C=O) groups excluding carboxylic acids is 1. The Balaban J connectivity index is 1.73. The number of nitrogens with zero attached hydrogens (tertiary/aromatic N) is 1. The molecule has 0 aliphatic heterocycles.